The first kappa shape index (κ1) is 12.8. The van der Waals surface area contributed by atoms with Crippen molar-refractivity contribution < 1.29 is 8.42 Å². The van der Waals surface area contributed by atoms with Crippen LogP contribution in [0.3, 0.4) is 0 Å². The van der Waals surface area contributed by atoms with Crippen LogP contribution in [0.15, 0.2) is 35.7 Å². The van der Waals surface area contributed by atoms with E-state index in [0.717, 1.165) is 0 Å². The van der Waals surface area contributed by atoms with Crippen molar-refractivity contribution in [3.63, 3.8) is 0 Å². The molecule has 0 aliphatic rings. The van der Waals surface area contributed by atoms with Gasteiger partial charge in [0.25, 0.3) is 10.0 Å². The number of sulfonamides is 1. The summed E-state index contributed by atoms with van der Waals surface area (Å²) < 4.78 is 27.9. The van der Waals surface area contributed by atoms with Gasteiger partial charge < -0.3 is 4.57 Å². The predicted octanol–water partition coefficient (Wildman–Crippen LogP) is 1.75. The Hall–Kier alpha value is -1.60. The second-order valence-corrected chi connectivity index (χ2v) is 5.51. The zero-order chi connectivity index (χ0) is 13.2. The fourth-order valence-corrected chi connectivity index (χ4v) is 2.42. The topological polar surface area (TPSA) is 76.9 Å². The zero-order valence-electron chi connectivity index (χ0n) is 9.54. The number of hydrogen-bond acceptors (Lipinski definition) is 4. The van der Waals surface area contributed by atoms with Gasteiger partial charge >= 0.3 is 0 Å². The second-order valence-electron chi connectivity index (χ2n) is 3.49. The Morgan fingerprint density at radius 2 is 2.22 bits per heavy atom. The molecule has 0 atom stereocenters. The number of pyridine rings is 1. The minimum absolute atomic E-state index is 0.0499. The lowest BCUT2D eigenvalue weighted by atomic mass is 10.5. The van der Waals surface area contributed by atoms with Crippen molar-refractivity contribution >= 4 is 27.4 Å². The number of rotatable bonds is 4. The molecule has 96 valence electrons. The summed E-state index contributed by atoms with van der Waals surface area (Å²) in [5, 5.41) is 0.167. The number of nitrogens with zero attached hydrogens (tertiary/aromatic N) is 3. The van der Waals surface area contributed by atoms with E-state index in [0.29, 0.717) is 6.54 Å². The summed E-state index contributed by atoms with van der Waals surface area (Å²) in [6, 6.07) is 4.68. The quantitative estimate of drug-likeness (QED) is 0.869. The van der Waals surface area contributed by atoms with Crippen LogP contribution < -0.4 is 4.72 Å². The molecule has 2 aromatic rings. The summed E-state index contributed by atoms with van der Waals surface area (Å²) in [5.41, 5.74) is 0. The number of halogens is 1. The largest absolute Gasteiger partial charge is 0.336 e. The lowest BCUT2D eigenvalue weighted by molar-refractivity contribution is 0.598. The summed E-state index contributed by atoms with van der Waals surface area (Å²) >= 11 is 5.68. The van der Waals surface area contributed by atoms with E-state index in [1.54, 1.807) is 16.7 Å². The van der Waals surface area contributed by atoms with Gasteiger partial charge in [0.1, 0.15) is 11.0 Å². The van der Waals surface area contributed by atoms with E-state index < -0.39 is 10.0 Å². The van der Waals surface area contributed by atoms with Crippen molar-refractivity contribution in [2.24, 2.45) is 0 Å². The van der Waals surface area contributed by atoms with Crippen LogP contribution in [0.1, 0.15) is 6.92 Å². The van der Waals surface area contributed by atoms with E-state index in [2.05, 4.69) is 14.7 Å². The number of aryl methyl sites for hydroxylation is 1. The predicted molar refractivity (Wildman–Crippen MR) is 68.0 cm³/mol. The third-order valence-corrected chi connectivity index (χ3v) is 3.65. The van der Waals surface area contributed by atoms with Crippen LogP contribution in [0, 0.1) is 0 Å². The first-order chi connectivity index (χ1) is 8.51. The van der Waals surface area contributed by atoms with Crippen molar-refractivity contribution in [3.05, 3.63) is 35.9 Å². The molecule has 0 radical (unpaired) electrons. The number of nitrogens with one attached hydrogen (secondary N) is 1. The van der Waals surface area contributed by atoms with Crippen LogP contribution in [0.25, 0.3) is 0 Å². The maximum atomic E-state index is 12.0. The average molecular weight is 287 g/mol. The van der Waals surface area contributed by atoms with Gasteiger partial charge in [-0.3, -0.25) is 4.72 Å². The molecule has 0 amide bonds. The first-order valence-corrected chi connectivity index (χ1v) is 7.04. The van der Waals surface area contributed by atoms with Crippen molar-refractivity contribution in [3.8, 4) is 0 Å². The molecule has 0 bridgehead atoms. The summed E-state index contributed by atoms with van der Waals surface area (Å²) in [6.07, 6.45) is 2.91. The zero-order valence-corrected chi connectivity index (χ0v) is 11.1. The maximum Gasteiger partial charge on any atom is 0.282 e. The summed E-state index contributed by atoms with van der Waals surface area (Å²) in [4.78, 5) is 7.68. The number of aromatic nitrogens is 3. The van der Waals surface area contributed by atoms with Crippen LogP contribution in [0.4, 0.5) is 5.82 Å². The van der Waals surface area contributed by atoms with Gasteiger partial charge in [0.2, 0.25) is 0 Å². The van der Waals surface area contributed by atoms with Crippen molar-refractivity contribution in [1.29, 1.82) is 0 Å². The van der Waals surface area contributed by atoms with Crippen LogP contribution in [0.2, 0.25) is 5.15 Å². The Bertz CT molecular complexity index is 653. The molecule has 1 N–H and O–H groups in total. The van der Waals surface area contributed by atoms with E-state index in [4.69, 9.17) is 11.6 Å². The number of anilines is 1. The lowest BCUT2D eigenvalue weighted by Crippen LogP contribution is -2.14. The minimum atomic E-state index is -3.72. The molecule has 2 rings (SSSR count). The molecule has 2 aromatic heterocycles. The van der Waals surface area contributed by atoms with E-state index >= 15 is 0 Å². The SMILES string of the molecule is CCn1cnc(S(=O)(=O)Nc2cccc(Cl)n2)c1. The molecule has 8 heteroatoms. The van der Waals surface area contributed by atoms with E-state index in [9.17, 15) is 8.42 Å². The van der Waals surface area contributed by atoms with Crippen molar-refractivity contribution in [2.45, 2.75) is 18.5 Å². The standard InChI is InChI=1S/C10H11ClN4O2S/c1-2-15-6-10(12-7-15)18(16,17)14-9-5-3-4-8(11)13-9/h3-7H,2H2,1H3,(H,13,14). The average Bonchev–Trinajstić information content (AvgIpc) is 2.77. The van der Waals surface area contributed by atoms with Crippen molar-refractivity contribution in [2.75, 3.05) is 4.72 Å². The molecule has 2 heterocycles. The Morgan fingerprint density at radius 3 is 2.83 bits per heavy atom. The first-order valence-electron chi connectivity index (χ1n) is 5.18. The fraction of sp³-hybridized carbons (Fsp3) is 0.200. The van der Waals surface area contributed by atoms with Crippen LogP contribution >= 0.6 is 11.6 Å². The molecule has 0 spiro atoms. The van der Waals surface area contributed by atoms with Gasteiger partial charge in [-0.25, -0.2) is 9.97 Å². The highest BCUT2D eigenvalue weighted by Crippen LogP contribution is 2.14. The molecule has 18 heavy (non-hydrogen) atoms. The molecular weight excluding hydrogens is 276 g/mol. The summed E-state index contributed by atoms with van der Waals surface area (Å²) in [5.74, 6) is 0.161. The molecule has 6 nitrogen and oxygen atoms in total. The van der Waals surface area contributed by atoms with Gasteiger partial charge in [-0.05, 0) is 19.1 Å². The van der Waals surface area contributed by atoms with Gasteiger partial charge in [-0.15, -0.1) is 0 Å². The summed E-state index contributed by atoms with van der Waals surface area (Å²) in [7, 11) is -3.72. The number of imidazole rings is 1. The number of hydrogen-bond donors (Lipinski definition) is 1. The molecule has 0 fully saturated rings. The Labute approximate surface area is 110 Å². The maximum absolute atomic E-state index is 12.0. The van der Waals surface area contributed by atoms with E-state index in [1.165, 1.54) is 18.6 Å². The highest BCUT2D eigenvalue weighted by atomic mass is 35.5. The van der Waals surface area contributed by atoms with Gasteiger partial charge in [0.05, 0.1) is 6.33 Å². The van der Waals surface area contributed by atoms with Gasteiger partial charge in [-0.1, -0.05) is 17.7 Å². The van der Waals surface area contributed by atoms with Crippen LogP contribution in [-0.4, -0.2) is 23.0 Å². The second kappa shape index (κ2) is 4.95. The van der Waals surface area contributed by atoms with Crippen molar-refractivity contribution in [1.82, 2.24) is 14.5 Å². The molecular formula is C10H11ClN4O2S. The normalized spacial score (nSPS) is 11.4. The molecule has 0 saturated carbocycles. The Balaban J connectivity index is 2.27. The third kappa shape index (κ3) is 2.80. The van der Waals surface area contributed by atoms with Gasteiger partial charge in [0.15, 0.2) is 5.03 Å². The molecule has 0 unspecified atom stereocenters. The van der Waals surface area contributed by atoms with Crippen LogP contribution in [-0.2, 0) is 16.6 Å². The Morgan fingerprint density at radius 1 is 1.44 bits per heavy atom. The highest BCUT2D eigenvalue weighted by Gasteiger charge is 2.17. The smallest absolute Gasteiger partial charge is 0.282 e. The van der Waals surface area contributed by atoms with E-state index in [1.807, 2.05) is 6.92 Å². The molecule has 0 aromatic carbocycles. The molecule has 0 aliphatic carbocycles. The minimum Gasteiger partial charge on any atom is -0.336 e. The monoisotopic (exact) mass is 286 g/mol. The molecule has 0 saturated heterocycles. The van der Waals surface area contributed by atoms with Gasteiger partial charge in [-0.2, -0.15) is 8.42 Å². The van der Waals surface area contributed by atoms with Crippen LogP contribution in [0.5, 0.6) is 0 Å². The Kier molecular flexibility index (Phi) is 3.53. The van der Waals surface area contributed by atoms with Gasteiger partial charge in [0, 0.05) is 12.7 Å². The third-order valence-electron chi connectivity index (χ3n) is 2.20. The summed E-state index contributed by atoms with van der Waals surface area (Å²) in [6.45, 7) is 2.54. The molecule has 0 aliphatic heterocycles. The van der Waals surface area contributed by atoms with E-state index in [-0.39, 0.29) is 16.0 Å². The highest BCUT2D eigenvalue weighted by molar-refractivity contribution is 7.92. The lowest BCUT2D eigenvalue weighted by Gasteiger charge is -2.04. The fourth-order valence-electron chi connectivity index (χ4n) is 1.31.